The molecule has 2 aromatic rings. The lowest BCUT2D eigenvalue weighted by atomic mass is 10.0. The van der Waals surface area contributed by atoms with Crippen LogP contribution >= 0.6 is 0 Å². The van der Waals surface area contributed by atoms with Crippen LogP contribution in [0.2, 0.25) is 0 Å². The molecule has 1 amide bonds. The second-order valence-corrected chi connectivity index (χ2v) is 5.97. The van der Waals surface area contributed by atoms with Crippen molar-refractivity contribution < 1.29 is 18.7 Å². The fourth-order valence-corrected chi connectivity index (χ4v) is 2.78. The number of halogens is 1. The van der Waals surface area contributed by atoms with Crippen LogP contribution in [-0.2, 0) is 9.53 Å². The van der Waals surface area contributed by atoms with Crippen LogP contribution in [0.5, 0.6) is 0 Å². The van der Waals surface area contributed by atoms with Crippen molar-refractivity contribution in [2.45, 2.75) is 25.4 Å². The maximum Gasteiger partial charge on any atom is 0.338 e. The SMILES string of the molecule is CCOC(=O)c1ccc(NC(=O)C2CC(c3ccc(F)cc3)NN2)cc1. The van der Waals surface area contributed by atoms with E-state index in [1.54, 1.807) is 43.3 Å². The van der Waals surface area contributed by atoms with Crippen molar-refractivity contribution in [3.63, 3.8) is 0 Å². The third-order valence-electron chi connectivity index (χ3n) is 4.16. The van der Waals surface area contributed by atoms with Crippen LogP contribution in [0.3, 0.4) is 0 Å². The Hall–Kier alpha value is -2.77. The normalized spacial score (nSPS) is 19.2. The van der Waals surface area contributed by atoms with E-state index < -0.39 is 12.0 Å². The van der Waals surface area contributed by atoms with Crippen molar-refractivity contribution in [3.05, 3.63) is 65.5 Å². The summed E-state index contributed by atoms with van der Waals surface area (Å²) >= 11 is 0. The largest absolute Gasteiger partial charge is 0.462 e. The lowest BCUT2D eigenvalue weighted by Gasteiger charge is -2.11. The Morgan fingerprint density at radius 3 is 2.46 bits per heavy atom. The average molecular weight is 357 g/mol. The quantitative estimate of drug-likeness (QED) is 0.717. The molecule has 2 unspecified atom stereocenters. The van der Waals surface area contributed by atoms with Crippen LogP contribution in [0.25, 0.3) is 0 Å². The summed E-state index contributed by atoms with van der Waals surface area (Å²) < 4.78 is 17.9. The van der Waals surface area contributed by atoms with E-state index >= 15 is 0 Å². The third-order valence-corrected chi connectivity index (χ3v) is 4.16. The summed E-state index contributed by atoms with van der Waals surface area (Å²) in [4.78, 5) is 24.0. The van der Waals surface area contributed by atoms with E-state index in [4.69, 9.17) is 4.74 Å². The summed E-state index contributed by atoms with van der Waals surface area (Å²) in [5, 5.41) is 2.81. The molecule has 1 fully saturated rings. The molecule has 6 nitrogen and oxygen atoms in total. The first-order valence-corrected chi connectivity index (χ1v) is 8.41. The van der Waals surface area contributed by atoms with Gasteiger partial charge in [-0.15, -0.1) is 0 Å². The molecule has 1 heterocycles. The third kappa shape index (κ3) is 4.25. The summed E-state index contributed by atoms with van der Waals surface area (Å²) in [5.74, 6) is -0.875. The Bertz CT molecular complexity index is 778. The number of hydrogen-bond donors (Lipinski definition) is 3. The number of benzene rings is 2. The molecule has 3 N–H and O–H groups in total. The van der Waals surface area contributed by atoms with E-state index in [0.29, 0.717) is 24.3 Å². The lowest BCUT2D eigenvalue weighted by molar-refractivity contribution is -0.117. The second-order valence-electron chi connectivity index (χ2n) is 5.97. The van der Waals surface area contributed by atoms with E-state index in [1.807, 2.05) is 0 Å². The molecule has 0 saturated carbocycles. The maximum absolute atomic E-state index is 13.0. The molecule has 1 aliphatic heterocycles. The van der Waals surface area contributed by atoms with E-state index in [-0.39, 0.29) is 17.8 Å². The average Bonchev–Trinajstić information content (AvgIpc) is 3.13. The number of carbonyl (C=O) groups excluding carboxylic acids is 2. The minimum atomic E-state index is -0.421. The minimum Gasteiger partial charge on any atom is -0.462 e. The van der Waals surface area contributed by atoms with Crippen molar-refractivity contribution in [2.24, 2.45) is 0 Å². The highest BCUT2D eigenvalue weighted by molar-refractivity contribution is 5.96. The predicted octanol–water partition coefficient (Wildman–Crippen LogP) is 2.55. The number of hydrogen-bond acceptors (Lipinski definition) is 5. The molecule has 0 bridgehead atoms. The number of rotatable bonds is 5. The first kappa shape index (κ1) is 18.0. The van der Waals surface area contributed by atoms with E-state index in [1.165, 1.54) is 12.1 Å². The summed E-state index contributed by atoms with van der Waals surface area (Å²) in [6, 6.07) is 12.2. The molecule has 0 aromatic heterocycles. The standard InChI is InChI=1S/C19H20FN3O3/c1-2-26-19(25)13-5-9-15(10-6-13)21-18(24)17-11-16(22-23-17)12-3-7-14(20)8-4-12/h3-10,16-17,22-23H,2,11H2,1H3,(H,21,24). The summed E-state index contributed by atoms with van der Waals surface area (Å²) in [6.45, 7) is 2.06. The smallest absolute Gasteiger partial charge is 0.338 e. The zero-order chi connectivity index (χ0) is 18.5. The highest BCUT2D eigenvalue weighted by Crippen LogP contribution is 2.23. The Balaban J connectivity index is 1.57. The number of carbonyl (C=O) groups is 2. The number of hydrazine groups is 1. The van der Waals surface area contributed by atoms with Gasteiger partial charge in [0.05, 0.1) is 12.2 Å². The Morgan fingerprint density at radius 1 is 1.12 bits per heavy atom. The zero-order valence-corrected chi connectivity index (χ0v) is 14.3. The van der Waals surface area contributed by atoms with Gasteiger partial charge in [0.2, 0.25) is 5.91 Å². The molecule has 3 rings (SSSR count). The molecule has 2 aromatic carbocycles. The molecule has 0 aliphatic carbocycles. The molecule has 2 atom stereocenters. The second kappa shape index (κ2) is 8.07. The van der Waals surface area contributed by atoms with Crippen molar-refractivity contribution in [2.75, 3.05) is 11.9 Å². The lowest BCUT2D eigenvalue weighted by Crippen LogP contribution is -2.39. The van der Waals surface area contributed by atoms with Crippen LogP contribution in [-0.4, -0.2) is 24.5 Å². The van der Waals surface area contributed by atoms with Crippen molar-refractivity contribution in [1.29, 1.82) is 0 Å². The van der Waals surface area contributed by atoms with Gasteiger partial charge in [-0.3, -0.25) is 4.79 Å². The monoisotopic (exact) mass is 357 g/mol. The highest BCUT2D eigenvalue weighted by Gasteiger charge is 2.30. The van der Waals surface area contributed by atoms with E-state index in [2.05, 4.69) is 16.2 Å². The minimum absolute atomic E-state index is 0.0717. The van der Waals surface area contributed by atoms with Crippen molar-refractivity contribution in [3.8, 4) is 0 Å². The zero-order valence-electron chi connectivity index (χ0n) is 14.3. The number of amides is 1. The first-order valence-electron chi connectivity index (χ1n) is 8.41. The molecule has 7 heteroatoms. The van der Waals surface area contributed by atoms with Gasteiger partial charge in [0.1, 0.15) is 11.9 Å². The van der Waals surface area contributed by atoms with Crippen LogP contribution in [0, 0.1) is 5.82 Å². The van der Waals surface area contributed by atoms with Crippen LogP contribution in [0.15, 0.2) is 48.5 Å². The molecule has 136 valence electrons. The van der Waals surface area contributed by atoms with Gasteiger partial charge in [0.25, 0.3) is 0 Å². The number of anilines is 1. The molecular formula is C19H20FN3O3. The van der Waals surface area contributed by atoms with Gasteiger partial charge < -0.3 is 10.1 Å². The fraction of sp³-hybridized carbons (Fsp3) is 0.263. The van der Waals surface area contributed by atoms with Crippen LogP contribution < -0.4 is 16.2 Å². The van der Waals surface area contributed by atoms with Gasteiger partial charge in [-0.2, -0.15) is 0 Å². The van der Waals surface area contributed by atoms with Gasteiger partial charge >= 0.3 is 5.97 Å². The molecule has 0 spiro atoms. The molecule has 26 heavy (non-hydrogen) atoms. The summed E-state index contributed by atoms with van der Waals surface area (Å²) in [7, 11) is 0. The molecule has 1 aliphatic rings. The fourth-order valence-electron chi connectivity index (χ4n) is 2.78. The highest BCUT2D eigenvalue weighted by atomic mass is 19.1. The summed E-state index contributed by atoms with van der Waals surface area (Å²) in [6.07, 6.45) is 0.540. The van der Waals surface area contributed by atoms with Gasteiger partial charge in [-0.1, -0.05) is 12.1 Å². The number of esters is 1. The maximum atomic E-state index is 13.0. The van der Waals surface area contributed by atoms with Crippen LogP contribution in [0.4, 0.5) is 10.1 Å². The Labute approximate surface area is 150 Å². The molecule has 0 radical (unpaired) electrons. The van der Waals surface area contributed by atoms with Crippen molar-refractivity contribution in [1.82, 2.24) is 10.9 Å². The topological polar surface area (TPSA) is 79.5 Å². The molecule has 1 saturated heterocycles. The van der Waals surface area contributed by atoms with Crippen LogP contribution in [0.1, 0.15) is 35.3 Å². The van der Waals surface area contributed by atoms with E-state index in [9.17, 15) is 14.0 Å². The number of ether oxygens (including phenoxy) is 1. The Kier molecular flexibility index (Phi) is 5.60. The van der Waals surface area contributed by atoms with E-state index in [0.717, 1.165) is 5.56 Å². The van der Waals surface area contributed by atoms with Gasteiger partial charge in [0.15, 0.2) is 0 Å². The summed E-state index contributed by atoms with van der Waals surface area (Å²) in [5.41, 5.74) is 7.94. The van der Waals surface area contributed by atoms with Gasteiger partial charge in [0, 0.05) is 11.7 Å². The van der Waals surface area contributed by atoms with Crippen molar-refractivity contribution >= 4 is 17.6 Å². The predicted molar refractivity (Wildman–Crippen MR) is 94.8 cm³/mol. The molecular weight excluding hydrogens is 337 g/mol. The Morgan fingerprint density at radius 2 is 1.81 bits per heavy atom. The number of nitrogens with one attached hydrogen (secondary N) is 3. The van der Waals surface area contributed by atoms with Gasteiger partial charge in [-0.25, -0.2) is 20.0 Å². The first-order chi connectivity index (χ1) is 12.6. The van der Waals surface area contributed by atoms with Gasteiger partial charge in [-0.05, 0) is 55.3 Å².